The molecule has 2 atom stereocenters. The van der Waals surface area contributed by atoms with E-state index in [1.54, 1.807) is 0 Å². The van der Waals surface area contributed by atoms with Gasteiger partial charge in [0.15, 0.2) is 5.41 Å². The van der Waals surface area contributed by atoms with Gasteiger partial charge in [-0.2, -0.15) is 15.8 Å². The van der Waals surface area contributed by atoms with E-state index in [0.717, 1.165) is 36.1 Å². The van der Waals surface area contributed by atoms with E-state index in [2.05, 4.69) is 18.2 Å². The van der Waals surface area contributed by atoms with E-state index in [1.807, 2.05) is 37.3 Å². The summed E-state index contributed by atoms with van der Waals surface area (Å²) in [6.45, 7) is 2.49. The van der Waals surface area contributed by atoms with Crippen LogP contribution >= 0.6 is 0 Å². The van der Waals surface area contributed by atoms with Gasteiger partial charge in [-0.25, -0.2) is 0 Å². The lowest BCUT2D eigenvalue weighted by Gasteiger charge is -2.43. The number of nitrogens with two attached hydrogens (primary N) is 1. The number of benzene rings is 1. The lowest BCUT2D eigenvalue weighted by atomic mass is 9.57. The normalized spacial score (nSPS) is 23.7. The van der Waals surface area contributed by atoms with Crippen LogP contribution in [-0.4, -0.2) is 6.61 Å². The minimum atomic E-state index is -1.54. The molecule has 1 aromatic carbocycles. The Morgan fingerprint density at radius 1 is 1.19 bits per heavy atom. The van der Waals surface area contributed by atoms with Crippen LogP contribution in [0.25, 0.3) is 0 Å². The monoisotopic (exact) mass is 344 g/mol. The van der Waals surface area contributed by atoms with Crippen molar-refractivity contribution in [3.05, 3.63) is 52.7 Å². The van der Waals surface area contributed by atoms with E-state index < -0.39 is 11.3 Å². The molecule has 2 unspecified atom stereocenters. The summed E-state index contributed by atoms with van der Waals surface area (Å²) < 4.78 is 5.50. The average Bonchev–Trinajstić information content (AvgIpc) is 2.68. The Labute approximate surface area is 153 Å². The van der Waals surface area contributed by atoms with E-state index in [-0.39, 0.29) is 11.6 Å². The van der Waals surface area contributed by atoms with Crippen LogP contribution in [-0.2, 0) is 0 Å². The first-order valence-electron chi connectivity index (χ1n) is 8.79. The number of ether oxygens (including phenoxy) is 1. The van der Waals surface area contributed by atoms with Crippen molar-refractivity contribution in [2.45, 2.75) is 32.1 Å². The second-order valence-corrected chi connectivity index (χ2v) is 6.61. The molecule has 5 nitrogen and oxygen atoms in total. The average molecular weight is 344 g/mol. The predicted molar refractivity (Wildman–Crippen MR) is 96.3 cm³/mol. The SMILES string of the molecule is CCOc1ccc(C2C3CCCC=C3C(C#N)=C(N)C2(C#N)C#N)cc1. The Bertz CT molecular complexity index is 876. The van der Waals surface area contributed by atoms with Crippen molar-refractivity contribution < 1.29 is 4.74 Å². The number of allylic oxidation sites excluding steroid dienone is 4. The number of rotatable bonds is 3. The first-order valence-corrected chi connectivity index (χ1v) is 8.79. The molecule has 3 rings (SSSR count). The number of nitriles is 3. The number of fused-ring (bicyclic) bond motifs is 1. The van der Waals surface area contributed by atoms with Crippen LogP contribution in [0, 0.1) is 45.3 Å². The molecule has 26 heavy (non-hydrogen) atoms. The Balaban J connectivity index is 2.21. The van der Waals surface area contributed by atoms with Gasteiger partial charge in [-0.15, -0.1) is 0 Å². The third kappa shape index (κ3) is 2.52. The Hall–Kier alpha value is -3.23. The first-order chi connectivity index (χ1) is 12.6. The van der Waals surface area contributed by atoms with Gasteiger partial charge in [0, 0.05) is 5.92 Å². The molecule has 2 N–H and O–H groups in total. The molecule has 0 radical (unpaired) electrons. The summed E-state index contributed by atoms with van der Waals surface area (Å²) in [5.41, 5.74) is 6.84. The molecule has 5 heteroatoms. The second kappa shape index (κ2) is 6.95. The molecule has 0 amide bonds. The molecular weight excluding hydrogens is 324 g/mol. The van der Waals surface area contributed by atoms with Gasteiger partial charge < -0.3 is 10.5 Å². The van der Waals surface area contributed by atoms with Crippen LogP contribution in [0.1, 0.15) is 37.7 Å². The maximum atomic E-state index is 9.95. The van der Waals surface area contributed by atoms with Crippen LogP contribution in [0.15, 0.2) is 47.2 Å². The largest absolute Gasteiger partial charge is 0.494 e. The Kier molecular flexibility index (Phi) is 4.70. The highest BCUT2D eigenvalue weighted by Crippen LogP contribution is 2.55. The van der Waals surface area contributed by atoms with Crippen molar-refractivity contribution in [2.75, 3.05) is 6.61 Å². The molecule has 0 bridgehead atoms. The van der Waals surface area contributed by atoms with Gasteiger partial charge in [-0.3, -0.25) is 0 Å². The summed E-state index contributed by atoms with van der Waals surface area (Å²) in [5.74, 6) is 0.270. The molecule has 130 valence electrons. The molecule has 0 aromatic heterocycles. The van der Waals surface area contributed by atoms with Crippen LogP contribution < -0.4 is 10.5 Å². The lowest BCUT2D eigenvalue weighted by molar-refractivity contribution is 0.316. The molecular formula is C21H20N4O. The van der Waals surface area contributed by atoms with Gasteiger partial charge in [-0.1, -0.05) is 18.2 Å². The zero-order valence-corrected chi connectivity index (χ0v) is 14.7. The lowest BCUT2D eigenvalue weighted by Crippen LogP contribution is -2.42. The van der Waals surface area contributed by atoms with Gasteiger partial charge >= 0.3 is 0 Å². The topological polar surface area (TPSA) is 107 Å². The highest BCUT2D eigenvalue weighted by atomic mass is 16.5. The van der Waals surface area contributed by atoms with E-state index in [4.69, 9.17) is 10.5 Å². The van der Waals surface area contributed by atoms with Crippen LogP contribution in [0.5, 0.6) is 5.75 Å². The highest BCUT2D eigenvalue weighted by Gasteiger charge is 2.53. The number of hydrogen-bond donors (Lipinski definition) is 1. The van der Waals surface area contributed by atoms with Gasteiger partial charge in [0.2, 0.25) is 0 Å². The van der Waals surface area contributed by atoms with Gasteiger partial charge in [0.25, 0.3) is 0 Å². The molecule has 1 aromatic rings. The first kappa shape index (κ1) is 17.6. The summed E-state index contributed by atoms with van der Waals surface area (Å²) in [6.07, 6.45) is 4.72. The van der Waals surface area contributed by atoms with Crippen molar-refractivity contribution >= 4 is 0 Å². The molecule has 0 aliphatic heterocycles. The van der Waals surface area contributed by atoms with E-state index in [1.165, 1.54) is 0 Å². The standard InChI is InChI=1S/C21H20N4O/c1-2-26-15-9-7-14(8-10-15)19-17-6-4-3-5-16(17)18(11-22)20(25)21(19,12-23)13-24/h5,7-10,17,19H,2-4,6,25H2,1H3. The predicted octanol–water partition coefficient (Wildman–Crippen LogP) is 3.68. The Morgan fingerprint density at radius 2 is 1.88 bits per heavy atom. The summed E-state index contributed by atoms with van der Waals surface area (Å²) in [6, 6.07) is 13.9. The van der Waals surface area contributed by atoms with Crippen molar-refractivity contribution in [1.29, 1.82) is 15.8 Å². The maximum Gasteiger partial charge on any atom is 0.191 e. The van der Waals surface area contributed by atoms with Crippen molar-refractivity contribution in [3.63, 3.8) is 0 Å². The summed E-state index contributed by atoms with van der Waals surface area (Å²) in [5, 5.41) is 29.5. The van der Waals surface area contributed by atoms with Gasteiger partial charge in [0.1, 0.15) is 11.8 Å². The second-order valence-electron chi connectivity index (χ2n) is 6.61. The third-order valence-electron chi connectivity index (χ3n) is 5.35. The molecule has 2 aliphatic carbocycles. The van der Waals surface area contributed by atoms with Crippen molar-refractivity contribution in [2.24, 2.45) is 17.1 Å². The minimum Gasteiger partial charge on any atom is -0.494 e. The number of hydrogen-bond acceptors (Lipinski definition) is 5. The van der Waals surface area contributed by atoms with Gasteiger partial charge in [-0.05, 0) is 55.4 Å². The minimum absolute atomic E-state index is 0.0667. The number of nitrogens with zero attached hydrogens (tertiary/aromatic N) is 3. The van der Waals surface area contributed by atoms with Crippen LogP contribution in [0.2, 0.25) is 0 Å². The zero-order chi connectivity index (χ0) is 18.7. The maximum absolute atomic E-state index is 9.95. The quantitative estimate of drug-likeness (QED) is 0.900. The van der Waals surface area contributed by atoms with Gasteiger partial charge in [0.05, 0.1) is 30.0 Å². The van der Waals surface area contributed by atoms with E-state index >= 15 is 0 Å². The van der Waals surface area contributed by atoms with Crippen molar-refractivity contribution in [3.8, 4) is 24.0 Å². The molecule has 0 spiro atoms. The zero-order valence-electron chi connectivity index (χ0n) is 14.7. The smallest absolute Gasteiger partial charge is 0.191 e. The van der Waals surface area contributed by atoms with Crippen LogP contribution in [0.3, 0.4) is 0 Å². The van der Waals surface area contributed by atoms with Crippen molar-refractivity contribution in [1.82, 2.24) is 0 Å². The molecule has 0 saturated carbocycles. The fraction of sp³-hybridized carbons (Fsp3) is 0.381. The fourth-order valence-corrected chi connectivity index (χ4v) is 4.19. The summed E-state index contributed by atoms with van der Waals surface area (Å²) in [7, 11) is 0. The van der Waals surface area contributed by atoms with E-state index in [0.29, 0.717) is 12.2 Å². The molecule has 0 heterocycles. The summed E-state index contributed by atoms with van der Waals surface area (Å²) >= 11 is 0. The summed E-state index contributed by atoms with van der Waals surface area (Å²) in [4.78, 5) is 0. The molecule has 0 fully saturated rings. The third-order valence-corrected chi connectivity index (χ3v) is 5.35. The van der Waals surface area contributed by atoms with Crippen LogP contribution in [0.4, 0.5) is 0 Å². The highest BCUT2D eigenvalue weighted by molar-refractivity contribution is 5.59. The van der Waals surface area contributed by atoms with E-state index in [9.17, 15) is 15.8 Å². The fourth-order valence-electron chi connectivity index (χ4n) is 4.19. The molecule has 0 saturated heterocycles. The molecule has 2 aliphatic rings. The Morgan fingerprint density at radius 3 is 2.46 bits per heavy atom.